The van der Waals surface area contributed by atoms with E-state index >= 15 is 0 Å². The van der Waals surface area contributed by atoms with Crippen LogP contribution in [0.5, 0.6) is 0 Å². The van der Waals surface area contributed by atoms with Crippen LogP contribution in [0.1, 0.15) is 5.89 Å². The molecule has 1 amide bonds. The summed E-state index contributed by atoms with van der Waals surface area (Å²) in [5, 5.41) is 11.0. The SMILES string of the molecule is O=C(CSc1nnc(CC[NH+]2CCOCC2)o1)Nc1ccc(F)cc1. The number of amides is 1. The molecule has 0 spiro atoms. The molecule has 1 fully saturated rings. The van der Waals surface area contributed by atoms with E-state index in [1.807, 2.05) is 0 Å². The van der Waals surface area contributed by atoms with Gasteiger partial charge in [-0.05, 0) is 24.3 Å². The van der Waals surface area contributed by atoms with Gasteiger partial charge in [0.1, 0.15) is 18.9 Å². The van der Waals surface area contributed by atoms with Crippen LogP contribution in [-0.2, 0) is 16.0 Å². The van der Waals surface area contributed by atoms with E-state index < -0.39 is 0 Å². The summed E-state index contributed by atoms with van der Waals surface area (Å²) in [5.74, 6) is 0.174. The fraction of sp³-hybridized carbons (Fsp3) is 0.438. The molecule has 0 unspecified atom stereocenters. The van der Waals surface area contributed by atoms with Crippen molar-refractivity contribution in [3.05, 3.63) is 36.0 Å². The molecular formula is C16H20FN4O3S+. The predicted molar refractivity (Wildman–Crippen MR) is 90.1 cm³/mol. The Morgan fingerprint density at radius 3 is 2.76 bits per heavy atom. The Labute approximate surface area is 148 Å². The molecule has 2 aromatic rings. The fourth-order valence-corrected chi connectivity index (χ4v) is 3.03. The number of morpholine rings is 1. The number of hydrogen-bond acceptors (Lipinski definition) is 6. The van der Waals surface area contributed by atoms with Crippen LogP contribution in [0.15, 0.2) is 33.9 Å². The smallest absolute Gasteiger partial charge is 0.277 e. The number of quaternary nitrogens is 1. The summed E-state index contributed by atoms with van der Waals surface area (Å²) in [5.41, 5.74) is 0.548. The van der Waals surface area contributed by atoms with Gasteiger partial charge in [-0.1, -0.05) is 11.8 Å². The van der Waals surface area contributed by atoms with Gasteiger partial charge in [-0.15, -0.1) is 10.2 Å². The van der Waals surface area contributed by atoms with Crippen molar-refractivity contribution in [1.29, 1.82) is 0 Å². The first kappa shape index (κ1) is 17.8. The summed E-state index contributed by atoms with van der Waals surface area (Å²) >= 11 is 1.18. The van der Waals surface area contributed by atoms with Crippen molar-refractivity contribution in [2.24, 2.45) is 0 Å². The summed E-state index contributed by atoms with van der Waals surface area (Å²) < 4.78 is 23.7. The lowest BCUT2D eigenvalue weighted by Gasteiger charge is -2.22. The van der Waals surface area contributed by atoms with Crippen LogP contribution in [0.3, 0.4) is 0 Å². The van der Waals surface area contributed by atoms with Gasteiger partial charge in [0.25, 0.3) is 5.22 Å². The van der Waals surface area contributed by atoms with E-state index in [0.29, 0.717) is 23.2 Å². The van der Waals surface area contributed by atoms with E-state index in [4.69, 9.17) is 9.15 Å². The number of carbonyl (C=O) groups excluding carboxylic acids is 1. The summed E-state index contributed by atoms with van der Waals surface area (Å²) in [6.45, 7) is 4.52. The molecule has 0 saturated carbocycles. The predicted octanol–water partition coefficient (Wildman–Crippen LogP) is 0.397. The van der Waals surface area contributed by atoms with Gasteiger partial charge >= 0.3 is 0 Å². The highest BCUT2D eigenvalue weighted by Crippen LogP contribution is 2.17. The first-order valence-electron chi connectivity index (χ1n) is 8.11. The molecule has 1 aromatic heterocycles. The first-order valence-corrected chi connectivity index (χ1v) is 9.09. The van der Waals surface area contributed by atoms with E-state index in [2.05, 4.69) is 15.5 Å². The average Bonchev–Trinajstić information content (AvgIpc) is 3.09. The van der Waals surface area contributed by atoms with Gasteiger partial charge in [-0.2, -0.15) is 0 Å². The molecule has 1 saturated heterocycles. The Kier molecular flexibility index (Phi) is 6.37. The number of nitrogens with zero attached hydrogens (tertiary/aromatic N) is 2. The summed E-state index contributed by atoms with van der Waals surface area (Å²) in [6, 6.07) is 5.61. The molecule has 0 aliphatic carbocycles. The van der Waals surface area contributed by atoms with Crippen molar-refractivity contribution in [3.63, 3.8) is 0 Å². The fourth-order valence-electron chi connectivity index (χ4n) is 2.45. The molecule has 0 radical (unpaired) electrons. The Hall–Kier alpha value is -1.97. The molecule has 7 nitrogen and oxygen atoms in total. The Bertz CT molecular complexity index is 689. The van der Waals surface area contributed by atoms with Gasteiger partial charge in [0.15, 0.2) is 0 Å². The molecule has 0 atom stereocenters. The molecule has 134 valence electrons. The van der Waals surface area contributed by atoms with E-state index in [-0.39, 0.29) is 17.5 Å². The van der Waals surface area contributed by atoms with Crippen molar-refractivity contribution in [1.82, 2.24) is 10.2 Å². The van der Waals surface area contributed by atoms with E-state index in [1.165, 1.54) is 40.9 Å². The maximum atomic E-state index is 12.8. The van der Waals surface area contributed by atoms with E-state index in [1.54, 1.807) is 0 Å². The third kappa shape index (κ3) is 5.80. The minimum absolute atomic E-state index is 0.147. The van der Waals surface area contributed by atoms with Crippen LogP contribution in [0, 0.1) is 5.82 Å². The first-order chi connectivity index (χ1) is 12.2. The number of ether oxygens (including phenoxy) is 1. The summed E-state index contributed by atoms with van der Waals surface area (Å²) in [7, 11) is 0. The molecule has 1 aliphatic heterocycles. The number of thioether (sulfide) groups is 1. The number of aromatic nitrogens is 2. The Morgan fingerprint density at radius 2 is 2.00 bits per heavy atom. The van der Waals surface area contributed by atoms with Gasteiger partial charge in [-0.3, -0.25) is 4.79 Å². The Morgan fingerprint density at radius 1 is 1.24 bits per heavy atom. The van der Waals surface area contributed by atoms with Crippen molar-refractivity contribution < 1.29 is 23.2 Å². The molecule has 1 aliphatic rings. The average molecular weight is 367 g/mol. The van der Waals surface area contributed by atoms with Crippen LogP contribution in [0.25, 0.3) is 0 Å². The standard InChI is InChI=1S/C16H19FN4O3S/c17-12-1-3-13(4-2-12)18-14(22)11-25-16-20-19-15(24-16)5-6-21-7-9-23-10-8-21/h1-4H,5-11H2,(H,18,22)/p+1. The normalized spacial score (nSPS) is 15.2. The van der Waals surface area contributed by atoms with Crippen molar-refractivity contribution in [2.45, 2.75) is 11.6 Å². The second-order valence-electron chi connectivity index (χ2n) is 5.67. The maximum Gasteiger partial charge on any atom is 0.277 e. The minimum Gasteiger partial charge on any atom is -0.416 e. The van der Waals surface area contributed by atoms with Gasteiger partial charge < -0.3 is 19.4 Å². The van der Waals surface area contributed by atoms with Gasteiger partial charge in [-0.25, -0.2) is 4.39 Å². The highest BCUT2D eigenvalue weighted by atomic mass is 32.2. The highest BCUT2D eigenvalue weighted by Gasteiger charge is 2.16. The zero-order valence-electron chi connectivity index (χ0n) is 13.7. The molecule has 9 heteroatoms. The Balaban J connectivity index is 1.40. The number of halogens is 1. The molecule has 25 heavy (non-hydrogen) atoms. The van der Waals surface area contributed by atoms with Crippen molar-refractivity contribution in [3.8, 4) is 0 Å². The molecular weight excluding hydrogens is 347 g/mol. The lowest BCUT2D eigenvalue weighted by Crippen LogP contribution is -3.14. The second kappa shape index (κ2) is 8.93. The third-order valence-corrected chi connectivity index (χ3v) is 4.61. The number of carbonyl (C=O) groups is 1. The van der Waals surface area contributed by atoms with E-state index in [0.717, 1.165) is 32.8 Å². The number of hydrogen-bond donors (Lipinski definition) is 2. The number of benzene rings is 1. The molecule has 2 N–H and O–H groups in total. The number of nitrogens with one attached hydrogen (secondary N) is 2. The number of rotatable bonds is 7. The van der Waals surface area contributed by atoms with Crippen molar-refractivity contribution >= 4 is 23.4 Å². The molecule has 3 rings (SSSR count). The van der Waals surface area contributed by atoms with Crippen LogP contribution in [-0.4, -0.2) is 54.7 Å². The minimum atomic E-state index is -0.343. The molecule has 1 aromatic carbocycles. The van der Waals surface area contributed by atoms with E-state index in [9.17, 15) is 9.18 Å². The third-order valence-electron chi connectivity index (χ3n) is 3.80. The monoisotopic (exact) mass is 367 g/mol. The van der Waals surface area contributed by atoms with Crippen LogP contribution < -0.4 is 10.2 Å². The lowest BCUT2D eigenvalue weighted by molar-refractivity contribution is -0.907. The largest absolute Gasteiger partial charge is 0.416 e. The zero-order valence-corrected chi connectivity index (χ0v) is 14.5. The topological polar surface area (TPSA) is 81.7 Å². The highest BCUT2D eigenvalue weighted by molar-refractivity contribution is 7.99. The van der Waals surface area contributed by atoms with Crippen LogP contribution in [0.2, 0.25) is 0 Å². The van der Waals surface area contributed by atoms with Gasteiger partial charge in [0.05, 0.1) is 31.9 Å². The quantitative estimate of drug-likeness (QED) is 0.690. The van der Waals surface area contributed by atoms with Crippen LogP contribution >= 0.6 is 11.8 Å². The second-order valence-corrected chi connectivity index (χ2v) is 6.59. The van der Waals surface area contributed by atoms with Gasteiger partial charge in [0, 0.05) is 5.69 Å². The summed E-state index contributed by atoms with van der Waals surface area (Å²) in [4.78, 5) is 13.3. The maximum absolute atomic E-state index is 12.8. The number of anilines is 1. The lowest BCUT2D eigenvalue weighted by atomic mass is 10.3. The van der Waals surface area contributed by atoms with Crippen LogP contribution in [0.4, 0.5) is 10.1 Å². The van der Waals surface area contributed by atoms with Crippen molar-refractivity contribution in [2.75, 3.05) is 43.9 Å². The molecule has 2 heterocycles. The zero-order chi connectivity index (χ0) is 17.5. The molecule has 0 bridgehead atoms. The summed E-state index contributed by atoms with van der Waals surface area (Å²) in [6.07, 6.45) is 0.713. The van der Waals surface area contributed by atoms with Gasteiger partial charge in [0.2, 0.25) is 11.8 Å².